The number of rotatable bonds is 3. The Morgan fingerprint density at radius 2 is 2.00 bits per heavy atom. The van der Waals surface area contributed by atoms with Crippen LogP contribution in [-0.4, -0.2) is 14.8 Å². The van der Waals surface area contributed by atoms with Gasteiger partial charge in [0, 0.05) is 16.6 Å². The van der Waals surface area contributed by atoms with Crippen molar-refractivity contribution >= 4 is 15.9 Å². The van der Waals surface area contributed by atoms with Crippen LogP contribution >= 0.6 is 15.9 Å². The van der Waals surface area contributed by atoms with Gasteiger partial charge in [-0.05, 0) is 19.1 Å². The molecule has 4 nitrogen and oxygen atoms in total. The van der Waals surface area contributed by atoms with Crippen LogP contribution < -0.4 is 5.73 Å². The van der Waals surface area contributed by atoms with Gasteiger partial charge < -0.3 is 10.3 Å². The maximum Gasteiger partial charge on any atom is 0.417 e. The molecule has 2 aromatic rings. The molecule has 20 heavy (non-hydrogen) atoms. The molecule has 8 heteroatoms. The smallest absolute Gasteiger partial charge is 0.324 e. The van der Waals surface area contributed by atoms with Crippen molar-refractivity contribution in [2.75, 3.05) is 0 Å². The van der Waals surface area contributed by atoms with Crippen molar-refractivity contribution in [2.45, 2.75) is 26.2 Å². The molecule has 0 aliphatic carbocycles. The van der Waals surface area contributed by atoms with E-state index in [9.17, 15) is 13.2 Å². The molecule has 0 aliphatic heterocycles. The van der Waals surface area contributed by atoms with Crippen molar-refractivity contribution in [1.82, 2.24) is 14.8 Å². The second-order valence-electron chi connectivity index (χ2n) is 4.08. The highest BCUT2D eigenvalue weighted by molar-refractivity contribution is 9.10. The first-order valence-electron chi connectivity index (χ1n) is 5.87. The fourth-order valence-electron chi connectivity index (χ4n) is 1.91. The Morgan fingerprint density at radius 3 is 2.55 bits per heavy atom. The standard InChI is InChI=1S/C12H12BrF3N4/c1-2-20-10(6-17)18-19-11(20)7-3-4-9(13)8(5-7)12(14,15)16/h3-5H,2,6,17H2,1H3. The van der Waals surface area contributed by atoms with E-state index in [1.165, 1.54) is 6.07 Å². The van der Waals surface area contributed by atoms with E-state index in [1.54, 1.807) is 10.6 Å². The van der Waals surface area contributed by atoms with Crippen LogP contribution in [0.1, 0.15) is 18.3 Å². The zero-order chi connectivity index (χ0) is 14.9. The highest BCUT2D eigenvalue weighted by Crippen LogP contribution is 2.37. The minimum atomic E-state index is -4.43. The van der Waals surface area contributed by atoms with Crippen LogP contribution in [0.5, 0.6) is 0 Å². The minimum Gasteiger partial charge on any atom is -0.324 e. The zero-order valence-electron chi connectivity index (χ0n) is 10.6. The molecule has 0 amide bonds. The van der Waals surface area contributed by atoms with Gasteiger partial charge in [0.1, 0.15) is 5.82 Å². The molecule has 0 aliphatic rings. The molecule has 108 valence electrons. The second-order valence-corrected chi connectivity index (χ2v) is 4.93. The first-order valence-corrected chi connectivity index (χ1v) is 6.67. The van der Waals surface area contributed by atoms with Crippen LogP contribution in [0.3, 0.4) is 0 Å². The molecule has 0 radical (unpaired) electrons. The Bertz CT molecular complexity index is 622. The molecular formula is C12H12BrF3N4. The molecule has 2 N–H and O–H groups in total. The number of benzene rings is 1. The van der Waals surface area contributed by atoms with E-state index >= 15 is 0 Å². The van der Waals surface area contributed by atoms with Gasteiger partial charge in [-0.2, -0.15) is 13.2 Å². The molecule has 1 heterocycles. The fourth-order valence-corrected chi connectivity index (χ4v) is 2.39. The lowest BCUT2D eigenvalue weighted by Gasteiger charge is -2.12. The number of aromatic nitrogens is 3. The van der Waals surface area contributed by atoms with E-state index in [2.05, 4.69) is 26.1 Å². The SMILES string of the molecule is CCn1c(CN)nnc1-c1ccc(Br)c(C(F)(F)F)c1. The number of nitrogens with zero attached hydrogens (tertiary/aromatic N) is 3. The van der Waals surface area contributed by atoms with Gasteiger partial charge in [-0.1, -0.05) is 22.0 Å². The van der Waals surface area contributed by atoms with E-state index in [0.29, 0.717) is 23.8 Å². The first-order chi connectivity index (χ1) is 9.38. The minimum absolute atomic E-state index is 0.00429. The maximum atomic E-state index is 12.9. The molecule has 0 fully saturated rings. The Kier molecular flexibility index (Phi) is 4.14. The average Bonchev–Trinajstić information content (AvgIpc) is 2.80. The van der Waals surface area contributed by atoms with Crippen molar-refractivity contribution in [3.05, 3.63) is 34.1 Å². The van der Waals surface area contributed by atoms with Crippen LogP contribution in [-0.2, 0) is 19.3 Å². The summed E-state index contributed by atoms with van der Waals surface area (Å²) in [5.41, 5.74) is 5.15. The van der Waals surface area contributed by atoms with E-state index in [0.717, 1.165) is 6.07 Å². The molecule has 1 aromatic heterocycles. The molecule has 0 bridgehead atoms. The predicted octanol–water partition coefficient (Wildman–Crippen LogP) is 3.21. The lowest BCUT2D eigenvalue weighted by molar-refractivity contribution is -0.138. The highest BCUT2D eigenvalue weighted by Gasteiger charge is 2.33. The Labute approximate surface area is 121 Å². The monoisotopic (exact) mass is 348 g/mol. The third kappa shape index (κ3) is 2.71. The number of alkyl halides is 3. The lowest BCUT2D eigenvalue weighted by atomic mass is 10.1. The lowest BCUT2D eigenvalue weighted by Crippen LogP contribution is -2.09. The third-order valence-electron chi connectivity index (χ3n) is 2.86. The zero-order valence-corrected chi connectivity index (χ0v) is 12.2. The number of hydrogen-bond acceptors (Lipinski definition) is 3. The Morgan fingerprint density at radius 1 is 1.30 bits per heavy atom. The van der Waals surface area contributed by atoms with Gasteiger partial charge >= 0.3 is 6.18 Å². The molecule has 0 atom stereocenters. The molecule has 0 unspecified atom stereocenters. The van der Waals surface area contributed by atoms with Crippen LogP contribution in [0.2, 0.25) is 0 Å². The Balaban J connectivity index is 2.57. The molecule has 1 aromatic carbocycles. The van der Waals surface area contributed by atoms with E-state index in [-0.39, 0.29) is 11.0 Å². The van der Waals surface area contributed by atoms with Gasteiger partial charge in [-0.15, -0.1) is 10.2 Å². The van der Waals surface area contributed by atoms with Crippen molar-refractivity contribution in [3.8, 4) is 11.4 Å². The quantitative estimate of drug-likeness (QED) is 0.926. The van der Waals surface area contributed by atoms with E-state index in [4.69, 9.17) is 5.73 Å². The summed E-state index contributed by atoms with van der Waals surface area (Å²) in [5.74, 6) is 0.921. The number of halogens is 4. The summed E-state index contributed by atoms with van der Waals surface area (Å²) in [7, 11) is 0. The largest absolute Gasteiger partial charge is 0.417 e. The predicted molar refractivity (Wildman–Crippen MR) is 71.7 cm³/mol. The van der Waals surface area contributed by atoms with Gasteiger partial charge in [0.25, 0.3) is 0 Å². The molecule has 0 spiro atoms. The van der Waals surface area contributed by atoms with E-state index < -0.39 is 11.7 Å². The molecule has 0 saturated heterocycles. The van der Waals surface area contributed by atoms with Gasteiger partial charge in [0.15, 0.2) is 5.82 Å². The highest BCUT2D eigenvalue weighted by atomic mass is 79.9. The van der Waals surface area contributed by atoms with Crippen LogP contribution in [0.25, 0.3) is 11.4 Å². The first kappa shape index (κ1) is 15.0. The van der Waals surface area contributed by atoms with Gasteiger partial charge in [0.05, 0.1) is 12.1 Å². The number of hydrogen-bond donors (Lipinski definition) is 1. The summed E-state index contributed by atoms with van der Waals surface area (Å²) in [6.45, 7) is 2.57. The summed E-state index contributed by atoms with van der Waals surface area (Å²) in [6, 6.07) is 3.98. The number of nitrogens with two attached hydrogens (primary N) is 1. The average molecular weight is 349 g/mol. The maximum absolute atomic E-state index is 12.9. The van der Waals surface area contributed by atoms with Crippen molar-refractivity contribution in [2.24, 2.45) is 5.73 Å². The van der Waals surface area contributed by atoms with Gasteiger partial charge in [0.2, 0.25) is 0 Å². The summed E-state index contributed by atoms with van der Waals surface area (Å²) < 4.78 is 40.4. The Hall–Kier alpha value is -1.41. The molecule has 0 saturated carbocycles. The van der Waals surface area contributed by atoms with Crippen LogP contribution in [0.15, 0.2) is 22.7 Å². The van der Waals surface area contributed by atoms with E-state index in [1.807, 2.05) is 6.92 Å². The molecular weight excluding hydrogens is 337 g/mol. The van der Waals surface area contributed by atoms with Crippen molar-refractivity contribution in [3.63, 3.8) is 0 Å². The fraction of sp³-hybridized carbons (Fsp3) is 0.333. The van der Waals surface area contributed by atoms with Crippen molar-refractivity contribution in [1.29, 1.82) is 0 Å². The summed E-state index contributed by atoms with van der Waals surface area (Å²) in [6.07, 6.45) is -4.43. The summed E-state index contributed by atoms with van der Waals surface area (Å²) >= 11 is 2.91. The normalized spacial score (nSPS) is 11.9. The van der Waals surface area contributed by atoms with Crippen LogP contribution in [0.4, 0.5) is 13.2 Å². The van der Waals surface area contributed by atoms with Crippen molar-refractivity contribution < 1.29 is 13.2 Å². The third-order valence-corrected chi connectivity index (χ3v) is 3.55. The van der Waals surface area contributed by atoms with Crippen LogP contribution in [0, 0.1) is 0 Å². The summed E-state index contributed by atoms with van der Waals surface area (Å²) in [4.78, 5) is 0. The van der Waals surface area contributed by atoms with Gasteiger partial charge in [-0.25, -0.2) is 0 Å². The molecule has 2 rings (SSSR count). The second kappa shape index (κ2) is 5.53. The summed E-state index contributed by atoms with van der Waals surface area (Å²) in [5, 5.41) is 7.82. The topological polar surface area (TPSA) is 56.7 Å². The van der Waals surface area contributed by atoms with Gasteiger partial charge in [-0.3, -0.25) is 0 Å².